The van der Waals surface area contributed by atoms with E-state index in [0.29, 0.717) is 34.0 Å². The van der Waals surface area contributed by atoms with Crippen LogP contribution in [0.5, 0.6) is 5.75 Å². The Labute approximate surface area is 209 Å². The van der Waals surface area contributed by atoms with Crippen LogP contribution in [0.25, 0.3) is 5.65 Å². The molecule has 0 saturated carbocycles. The zero-order valence-corrected chi connectivity index (χ0v) is 20.1. The topological polar surface area (TPSA) is 101 Å². The number of nitrogens with one attached hydrogen (secondary N) is 2. The highest BCUT2D eigenvalue weighted by Gasteiger charge is 2.30. The molecule has 3 heterocycles. The maximum Gasteiger partial charge on any atom is 0.320 e. The first-order valence-electron chi connectivity index (χ1n) is 10.7. The zero-order valence-electron chi connectivity index (χ0n) is 18.5. The van der Waals surface area contributed by atoms with Crippen LogP contribution in [0.15, 0.2) is 71.5 Å². The van der Waals surface area contributed by atoms with Gasteiger partial charge in [-0.05, 0) is 54.5 Å². The molecule has 2 aromatic carbocycles. The van der Waals surface area contributed by atoms with Gasteiger partial charge in [-0.3, -0.25) is 4.79 Å². The van der Waals surface area contributed by atoms with Gasteiger partial charge in [0, 0.05) is 29.0 Å². The average Bonchev–Trinajstić information content (AvgIpc) is 3.24. The summed E-state index contributed by atoms with van der Waals surface area (Å²) in [7, 11) is 1.65. The van der Waals surface area contributed by atoms with Gasteiger partial charge >= 0.3 is 6.03 Å². The number of hydrogen-bond acceptors (Lipinski definition) is 5. The van der Waals surface area contributed by atoms with E-state index in [1.807, 2.05) is 24.3 Å². The van der Waals surface area contributed by atoms with Crippen LogP contribution in [0.2, 0.25) is 0 Å². The Hall–Kier alpha value is -4.36. The van der Waals surface area contributed by atoms with Crippen molar-refractivity contribution >= 4 is 44.9 Å². The van der Waals surface area contributed by atoms with Crippen LogP contribution in [0.1, 0.15) is 11.3 Å². The number of fused-ring (bicyclic) bond motifs is 2. The molecule has 10 heteroatoms. The van der Waals surface area contributed by atoms with Crippen molar-refractivity contribution in [2.45, 2.75) is 6.04 Å². The number of benzene rings is 2. The largest absolute Gasteiger partial charge is 0.489 e. The van der Waals surface area contributed by atoms with E-state index in [4.69, 9.17) is 4.74 Å². The molecule has 0 radical (unpaired) electrons. The van der Waals surface area contributed by atoms with Crippen molar-refractivity contribution in [3.63, 3.8) is 0 Å². The fraction of sp³-hybridized carbons (Fsp3) is 0.120. The number of aromatic nitrogens is 3. The predicted molar refractivity (Wildman–Crippen MR) is 134 cm³/mol. The molecule has 0 bridgehead atoms. The SMILES string of the molecule is CN1C(=O)[C@@H](NC(=O)Nc2cccc(C#Cc3cnc4cccnn34)c2)COc2ccc(Br)cc21. The third-order valence-electron chi connectivity index (χ3n) is 5.35. The van der Waals surface area contributed by atoms with Gasteiger partial charge in [0.05, 0.1) is 11.9 Å². The van der Waals surface area contributed by atoms with Crippen LogP contribution < -0.4 is 20.3 Å². The number of nitrogens with zero attached hydrogens (tertiary/aromatic N) is 4. The van der Waals surface area contributed by atoms with Crippen molar-refractivity contribution in [2.75, 3.05) is 23.9 Å². The van der Waals surface area contributed by atoms with Gasteiger partial charge in [-0.25, -0.2) is 14.3 Å². The molecule has 3 amide bonds. The van der Waals surface area contributed by atoms with Crippen LogP contribution in [-0.2, 0) is 4.79 Å². The Kier molecular flexibility index (Phi) is 6.08. The van der Waals surface area contributed by atoms with Gasteiger partial charge in [0.15, 0.2) is 5.65 Å². The van der Waals surface area contributed by atoms with Crippen LogP contribution in [-0.4, -0.2) is 46.2 Å². The lowest BCUT2D eigenvalue weighted by atomic mass is 10.2. The Balaban J connectivity index is 1.26. The van der Waals surface area contributed by atoms with E-state index in [2.05, 4.69) is 48.5 Å². The number of imidazole rings is 1. The Morgan fingerprint density at radius 3 is 2.94 bits per heavy atom. The van der Waals surface area contributed by atoms with Crippen molar-refractivity contribution in [1.29, 1.82) is 0 Å². The molecule has 0 fully saturated rings. The summed E-state index contributed by atoms with van der Waals surface area (Å²) >= 11 is 3.40. The number of anilines is 2. The first-order valence-corrected chi connectivity index (χ1v) is 11.5. The molecule has 9 nitrogen and oxygen atoms in total. The van der Waals surface area contributed by atoms with Crippen LogP contribution in [0, 0.1) is 11.8 Å². The van der Waals surface area contributed by atoms with Crippen molar-refractivity contribution in [2.24, 2.45) is 0 Å². The summed E-state index contributed by atoms with van der Waals surface area (Å²) in [5.41, 5.74) is 3.22. The molecule has 0 saturated heterocycles. The normalized spacial score (nSPS) is 14.9. The average molecular weight is 531 g/mol. The molecule has 35 heavy (non-hydrogen) atoms. The maximum atomic E-state index is 12.9. The summed E-state index contributed by atoms with van der Waals surface area (Å²) in [4.78, 5) is 31.3. The number of ether oxygens (including phenoxy) is 1. The maximum absolute atomic E-state index is 12.9. The molecule has 0 aliphatic carbocycles. The van der Waals surface area contributed by atoms with E-state index in [1.165, 1.54) is 4.90 Å². The van der Waals surface area contributed by atoms with Gasteiger partial charge < -0.3 is 20.3 Å². The molecular weight excluding hydrogens is 512 g/mol. The minimum absolute atomic E-state index is 0.0179. The summed E-state index contributed by atoms with van der Waals surface area (Å²) in [6, 6.07) is 14.8. The third-order valence-corrected chi connectivity index (χ3v) is 5.85. The standard InChI is InChI=1S/C25H19BrN6O3/c1-31-21-13-17(26)8-10-22(21)35-15-20(24(31)33)30-25(34)29-18-5-2-4-16(12-18)7-9-19-14-27-23-6-3-11-28-32(19)23/h2-6,8,10-14,20H,15H2,1H3,(H2,29,30,34)/t20-/m0/s1. The van der Waals surface area contributed by atoms with E-state index < -0.39 is 12.1 Å². The monoisotopic (exact) mass is 530 g/mol. The second-order valence-corrected chi connectivity index (χ2v) is 8.65. The smallest absolute Gasteiger partial charge is 0.320 e. The van der Waals surface area contributed by atoms with Gasteiger partial charge in [0.1, 0.15) is 24.1 Å². The minimum Gasteiger partial charge on any atom is -0.489 e. The van der Waals surface area contributed by atoms with Crippen molar-refractivity contribution < 1.29 is 14.3 Å². The number of carbonyl (C=O) groups excluding carboxylic acids is 2. The van der Waals surface area contributed by atoms with E-state index in [9.17, 15) is 9.59 Å². The molecule has 1 aliphatic heterocycles. The Bertz CT molecular complexity index is 1510. The summed E-state index contributed by atoms with van der Waals surface area (Å²) in [5, 5.41) is 9.70. The summed E-state index contributed by atoms with van der Waals surface area (Å²) in [5.74, 6) is 6.40. The second kappa shape index (κ2) is 9.48. The molecular formula is C25H19BrN6O3. The highest BCUT2D eigenvalue weighted by Crippen LogP contribution is 2.33. The summed E-state index contributed by atoms with van der Waals surface area (Å²) in [6.45, 7) is 0.0179. The molecule has 0 spiro atoms. The second-order valence-electron chi connectivity index (χ2n) is 7.74. The van der Waals surface area contributed by atoms with E-state index in [-0.39, 0.29) is 12.5 Å². The van der Waals surface area contributed by atoms with Crippen molar-refractivity contribution in [1.82, 2.24) is 19.9 Å². The van der Waals surface area contributed by atoms with Crippen LogP contribution >= 0.6 is 15.9 Å². The quantitative estimate of drug-likeness (QED) is 0.386. The number of urea groups is 1. The van der Waals surface area contributed by atoms with Crippen LogP contribution in [0.3, 0.4) is 0 Å². The molecule has 1 aliphatic rings. The number of amides is 3. The van der Waals surface area contributed by atoms with Gasteiger partial charge in [0.25, 0.3) is 5.91 Å². The first kappa shape index (κ1) is 22.4. The van der Waals surface area contributed by atoms with E-state index in [1.54, 1.807) is 54.3 Å². The third kappa shape index (κ3) is 4.81. The molecule has 1 atom stereocenters. The summed E-state index contributed by atoms with van der Waals surface area (Å²) in [6.07, 6.45) is 3.33. The van der Waals surface area contributed by atoms with Gasteiger partial charge in [-0.15, -0.1) is 0 Å². The number of rotatable bonds is 2. The lowest BCUT2D eigenvalue weighted by molar-refractivity contribution is -0.120. The molecule has 4 aromatic rings. The lowest BCUT2D eigenvalue weighted by Crippen LogP contribution is -2.50. The van der Waals surface area contributed by atoms with Gasteiger partial charge in [-0.2, -0.15) is 5.10 Å². The summed E-state index contributed by atoms with van der Waals surface area (Å²) < 4.78 is 8.25. The van der Waals surface area contributed by atoms with Gasteiger partial charge in [-0.1, -0.05) is 27.9 Å². The molecule has 174 valence electrons. The number of carbonyl (C=O) groups is 2. The number of halogens is 1. The van der Waals surface area contributed by atoms with Crippen molar-refractivity contribution in [3.05, 3.63) is 82.7 Å². The van der Waals surface area contributed by atoms with Crippen LogP contribution in [0.4, 0.5) is 16.2 Å². The fourth-order valence-corrected chi connectivity index (χ4v) is 3.97. The number of likely N-dealkylation sites (N-methyl/N-ethyl adjacent to an activating group) is 1. The highest BCUT2D eigenvalue weighted by atomic mass is 79.9. The lowest BCUT2D eigenvalue weighted by Gasteiger charge is -2.20. The minimum atomic E-state index is -0.850. The Morgan fingerprint density at radius 1 is 1.17 bits per heavy atom. The molecule has 5 rings (SSSR count). The van der Waals surface area contributed by atoms with Gasteiger partial charge in [0.2, 0.25) is 0 Å². The van der Waals surface area contributed by atoms with Crippen molar-refractivity contribution in [3.8, 4) is 17.6 Å². The highest BCUT2D eigenvalue weighted by molar-refractivity contribution is 9.10. The van der Waals surface area contributed by atoms with E-state index in [0.717, 1.165) is 4.47 Å². The first-order chi connectivity index (χ1) is 17.0. The molecule has 2 N–H and O–H groups in total. The Morgan fingerprint density at radius 2 is 2.06 bits per heavy atom. The molecule has 0 unspecified atom stereocenters. The fourth-order valence-electron chi connectivity index (χ4n) is 3.63. The molecule has 2 aromatic heterocycles. The predicted octanol–water partition coefficient (Wildman–Crippen LogP) is 3.44. The number of hydrogen-bond donors (Lipinski definition) is 2. The zero-order chi connectivity index (χ0) is 24.4. The van der Waals surface area contributed by atoms with E-state index >= 15 is 0 Å².